The number of carbonyl (C=O) groups is 3. The van der Waals surface area contributed by atoms with Gasteiger partial charge in [0.15, 0.2) is 0 Å². The number of amides is 2. The lowest BCUT2D eigenvalue weighted by molar-refractivity contribution is -0.137. The van der Waals surface area contributed by atoms with Crippen LogP contribution in [0.3, 0.4) is 0 Å². The van der Waals surface area contributed by atoms with E-state index in [1.807, 2.05) is 42.5 Å². The highest BCUT2D eigenvalue weighted by molar-refractivity contribution is 5.96. The molecule has 0 aliphatic rings. The average Bonchev–Trinajstić information content (AvgIpc) is 2.69. The third-order valence-corrected chi connectivity index (χ3v) is 4.61. The molecular formula is C23H28N2O4. The average molecular weight is 396 g/mol. The van der Waals surface area contributed by atoms with E-state index in [2.05, 4.69) is 31.4 Å². The van der Waals surface area contributed by atoms with E-state index in [4.69, 9.17) is 5.11 Å². The molecule has 6 heteroatoms. The summed E-state index contributed by atoms with van der Waals surface area (Å²) in [5.41, 5.74) is 2.43. The van der Waals surface area contributed by atoms with Crippen LogP contribution in [0.5, 0.6) is 0 Å². The standard InChI is InChI=1S/C23H28N2O4/c1-23(2,3)18-11-9-17(10-12-18)22(29)24-15-20(26)25-19(13-14-21(27)28)16-7-5-4-6-8-16/h4-12,19H,13-15H2,1-3H3,(H,24,29)(H,25,26)(H,27,28). The highest BCUT2D eigenvalue weighted by Crippen LogP contribution is 2.22. The van der Waals surface area contributed by atoms with Crippen LogP contribution in [0.1, 0.15) is 61.1 Å². The number of benzene rings is 2. The molecule has 0 saturated heterocycles. The first kappa shape index (κ1) is 22.1. The van der Waals surface area contributed by atoms with Crippen molar-refractivity contribution in [1.29, 1.82) is 0 Å². The van der Waals surface area contributed by atoms with Gasteiger partial charge in [0.25, 0.3) is 5.91 Å². The Bertz CT molecular complexity index is 839. The van der Waals surface area contributed by atoms with Crippen molar-refractivity contribution >= 4 is 17.8 Å². The summed E-state index contributed by atoms with van der Waals surface area (Å²) in [6, 6.07) is 16.1. The van der Waals surface area contributed by atoms with Crippen LogP contribution in [0.25, 0.3) is 0 Å². The number of carbonyl (C=O) groups excluding carboxylic acids is 2. The number of carboxylic acid groups (broad SMARTS) is 1. The molecule has 0 bridgehead atoms. The molecule has 2 amide bonds. The molecule has 2 rings (SSSR count). The lowest BCUT2D eigenvalue weighted by Gasteiger charge is -2.19. The Balaban J connectivity index is 1.94. The molecule has 1 atom stereocenters. The normalized spacial score (nSPS) is 12.1. The van der Waals surface area contributed by atoms with E-state index in [1.54, 1.807) is 12.1 Å². The largest absolute Gasteiger partial charge is 0.481 e. The van der Waals surface area contributed by atoms with Crippen LogP contribution in [0.15, 0.2) is 54.6 Å². The fourth-order valence-corrected chi connectivity index (χ4v) is 2.90. The summed E-state index contributed by atoms with van der Waals surface area (Å²) in [4.78, 5) is 35.5. The topological polar surface area (TPSA) is 95.5 Å². The van der Waals surface area contributed by atoms with Crippen molar-refractivity contribution in [1.82, 2.24) is 10.6 Å². The third-order valence-electron chi connectivity index (χ3n) is 4.61. The summed E-state index contributed by atoms with van der Waals surface area (Å²) >= 11 is 0. The Morgan fingerprint density at radius 2 is 1.59 bits per heavy atom. The van der Waals surface area contributed by atoms with E-state index in [1.165, 1.54) is 0 Å². The summed E-state index contributed by atoms with van der Waals surface area (Å²) in [6.07, 6.45) is 0.208. The summed E-state index contributed by atoms with van der Waals surface area (Å²) in [5, 5.41) is 14.4. The zero-order valence-corrected chi connectivity index (χ0v) is 17.1. The number of hydrogen-bond donors (Lipinski definition) is 3. The zero-order valence-electron chi connectivity index (χ0n) is 17.1. The van der Waals surface area contributed by atoms with Gasteiger partial charge < -0.3 is 15.7 Å². The minimum absolute atomic E-state index is 0.00268. The molecule has 0 aliphatic carbocycles. The first-order valence-electron chi connectivity index (χ1n) is 9.61. The molecule has 1 unspecified atom stereocenters. The third kappa shape index (κ3) is 7.07. The number of aliphatic carboxylic acids is 1. The second-order valence-electron chi connectivity index (χ2n) is 7.97. The monoisotopic (exact) mass is 396 g/mol. The summed E-state index contributed by atoms with van der Waals surface area (Å²) in [6.45, 7) is 6.11. The van der Waals surface area contributed by atoms with E-state index in [0.29, 0.717) is 5.56 Å². The van der Waals surface area contributed by atoms with Gasteiger partial charge in [-0.15, -0.1) is 0 Å². The van der Waals surface area contributed by atoms with Gasteiger partial charge in [-0.05, 0) is 35.1 Å². The highest BCUT2D eigenvalue weighted by atomic mass is 16.4. The predicted octanol–water partition coefficient (Wildman–Crippen LogP) is 3.44. The van der Waals surface area contributed by atoms with E-state index < -0.39 is 12.0 Å². The molecule has 0 aromatic heterocycles. The maximum Gasteiger partial charge on any atom is 0.303 e. The molecule has 0 saturated carbocycles. The maximum atomic E-state index is 12.3. The van der Waals surface area contributed by atoms with Crippen molar-refractivity contribution in [2.45, 2.75) is 45.1 Å². The summed E-state index contributed by atoms with van der Waals surface area (Å²) < 4.78 is 0. The molecule has 6 nitrogen and oxygen atoms in total. The molecule has 0 radical (unpaired) electrons. The van der Waals surface area contributed by atoms with E-state index in [-0.39, 0.29) is 36.6 Å². The van der Waals surface area contributed by atoms with Crippen LogP contribution in [-0.4, -0.2) is 29.4 Å². The van der Waals surface area contributed by atoms with Crippen LogP contribution in [0.2, 0.25) is 0 Å². The van der Waals surface area contributed by atoms with Crippen LogP contribution >= 0.6 is 0 Å². The molecule has 3 N–H and O–H groups in total. The van der Waals surface area contributed by atoms with Gasteiger partial charge in [0.05, 0.1) is 12.6 Å². The summed E-state index contributed by atoms with van der Waals surface area (Å²) in [5.74, 6) is -1.63. The fourth-order valence-electron chi connectivity index (χ4n) is 2.90. The molecule has 2 aromatic carbocycles. The number of hydrogen-bond acceptors (Lipinski definition) is 3. The molecule has 0 aliphatic heterocycles. The Hall–Kier alpha value is -3.15. The van der Waals surface area contributed by atoms with Crippen molar-refractivity contribution in [2.24, 2.45) is 0 Å². The lowest BCUT2D eigenvalue weighted by atomic mass is 9.87. The van der Waals surface area contributed by atoms with Crippen LogP contribution < -0.4 is 10.6 Å². The Morgan fingerprint density at radius 1 is 0.966 bits per heavy atom. The van der Waals surface area contributed by atoms with E-state index in [9.17, 15) is 14.4 Å². The van der Waals surface area contributed by atoms with Crippen molar-refractivity contribution < 1.29 is 19.5 Å². The number of rotatable bonds is 8. The second kappa shape index (κ2) is 9.87. The van der Waals surface area contributed by atoms with Gasteiger partial charge in [-0.2, -0.15) is 0 Å². The molecule has 29 heavy (non-hydrogen) atoms. The predicted molar refractivity (Wildman–Crippen MR) is 112 cm³/mol. The summed E-state index contributed by atoms with van der Waals surface area (Å²) in [7, 11) is 0. The van der Waals surface area contributed by atoms with Crippen LogP contribution in [-0.2, 0) is 15.0 Å². The minimum atomic E-state index is -0.924. The molecule has 2 aromatic rings. The maximum absolute atomic E-state index is 12.3. The molecule has 0 fully saturated rings. The SMILES string of the molecule is CC(C)(C)c1ccc(C(=O)NCC(=O)NC(CCC(=O)O)c2ccccc2)cc1. The van der Waals surface area contributed by atoms with Gasteiger partial charge in [0.2, 0.25) is 5.91 Å². The van der Waals surface area contributed by atoms with Crippen molar-refractivity contribution in [2.75, 3.05) is 6.54 Å². The fraction of sp³-hybridized carbons (Fsp3) is 0.348. The van der Waals surface area contributed by atoms with Crippen molar-refractivity contribution in [3.63, 3.8) is 0 Å². The zero-order chi connectivity index (χ0) is 21.4. The highest BCUT2D eigenvalue weighted by Gasteiger charge is 2.17. The second-order valence-corrected chi connectivity index (χ2v) is 7.97. The van der Waals surface area contributed by atoms with Crippen molar-refractivity contribution in [3.05, 3.63) is 71.3 Å². The van der Waals surface area contributed by atoms with Gasteiger partial charge in [-0.25, -0.2) is 0 Å². The lowest BCUT2D eigenvalue weighted by Crippen LogP contribution is -2.38. The number of carboxylic acids is 1. The first-order chi connectivity index (χ1) is 13.7. The van der Waals surface area contributed by atoms with Gasteiger partial charge in [-0.1, -0.05) is 63.2 Å². The molecule has 0 spiro atoms. The minimum Gasteiger partial charge on any atom is -0.481 e. The van der Waals surface area contributed by atoms with Gasteiger partial charge in [0.1, 0.15) is 0 Å². The van der Waals surface area contributed by atoms with Gasteiger partial charge in [0, 0.05) is 12.0 Å². The number of nitrogens with one attached hydrogen (secondary N) is 2. The molecule has 154 valence electrons. The van der Waals surface area contributed by atoms with Crippen LogP contribution in [0.4, 0.5) is 0 Å². The van der Waals surface area contributed by atoms with Gasteiger partial charge in [-0.3, -0.25) is 14.4 Å². The van der Waals surface area contributed by atoms with Crippen molar-refractivity contribution in [3.8, 4) is 0 Å². The smallest absolute Gasteiger partial charge is 0.303 e. The van der Waals surface area contributed by atoms with E-state index >= 15 is 0 Å². The Morgan fingerprint density at radius 3 is 2.14 bits per heavy atom. The van der Waals surface area contributed by atoms with Crippen LogP contribution in [0, 0.1) is 0 Å². The van der Waals surface area contributed by atoms with Gasteiger partial charge >= 0.3 is 5.97 Å². The Labute approximate surface area is 171 Å². The van der Waals surface area contributed by atoms with E-state index in [0.717, 1.165) is 11.1 Å². The molecular weight excluding hydrogens is 368 g/mol. The quantitative estimate of drug-likeness (QED) is 0.637. The molecule has 0 heterocycles. The first-order valence-corrected chi connectivity index (χ1v) is 9.61. The Kier molecular flexibility index (Phi) is 7.53.